The van der Waals surface area contributed by atoms with Crippen molar-refractivity contribution in [1.29, 1.82) is 0 Å². The highest BCUT2D eigenvalue weighted by atomic mass is 16.6. The molecule has 1 N–H and O–H groups in total. The van der Waals surface area contributed by atoms with Crippen LogP contribution in [0.1, 0.15) is 11.1 Å². The van der Waals surface area contributed by atoms with Crippen molar-refractivity contribution in [3.05, 3.63) is 51.6 Å². The number of phenolic OH excluding ortho intramolecular Hbond substituents is 1. The van der Waals surface area contributed by atoms with E-state index in [1.807, 2.05) is 0 Å². The minimum atomic E-state index is -0.534. The summed E-state index contributed by atoms with van der Waals surface area (Å²) in [6, 6.07) is 7.17. The molecule has 8 nitrogen and oxygen atoms in total. The summed E-state index contributed by atoms with van der Waals surface area (Å²) in [6.07, 6.45) is 1.37. The van der Waals surface area contributed by atoms with Crippen molar-refractivity contribution in [3.63, 3.8) is 0 Å². The molecule has 0 unspecified atom stereocenters. The molecule has 0 radical (unpaired) electrons. The Kier molecular flexibility index (Phi) is 5.78. The molecule has 8 heteroatoms. The Labute approximate surface area is 144 Å². The first-order valence-electron chi connectivity index (χ1n) is 7.26. The summed E-state index contributed by atoms with van der Waals surface area (Å²) in [5.74, 6) is 1.54. The van der Waals surface area contributed by atoms with Crippen LogP contribution in [-0.4, -0.2) is 37.6 Å². The van der Waals surface area contributed by atoms with Gasteiger partial charge in [0.1, 0.15) is 11.5 Å². The van der Waals surface area contributed by atoms with Crippen LogP contribution in [0.3, 0.4) is 0 Å². The molecular weight excluding hydrogens is 328 g/mol. The molecule has 0 spiro atoms. The van der Waals surface area contributed by atoms with Gasteiger partial charge in [-0.05, 0) is 12.1 Å². The Morgan fingerprint density at radius 2 is 1.72 bits per heavy atom. The Morgan fingerprint density at radius 1 is 1.08 bits per heavy atom. The van der Waals surface area contributed by atoms with Gasteiger partial charge in [0.2, 0.25) is 0 Å². The lowest BCUT2D eigenvalue weighted by Crippen LogP contribution is -1.97. The molecule has 0 aliphatic rings. The maximum absolute atomic E-state index is 10.8. The second kappa shape index (κ2) is 8.00. The molecule has 0 saturated heterocycles. The monoisotopic (exact) mass is 346 g/mol. The van der Waals surface area contributed by atoms with E-state index in [4.69, 9.17) is 14.2 Å². The van der Waals surface area contributed by atoms with Crippen molar-refractivity contribution in [3.8, 4) is 23.0 Å². The topological polar surface area (TPSA) is 103 Å². The fourth-order valence-corrected chi connectivity index (χ4v) is 2.22. The largest absolute Gasteiger partial charge is 0.507 e. The minimum Gasteiger partial charge on any atom is -0.507 e. The smallest absolute Gasteiger partial charge is 0.270 e. The third-order valence-corrected chi connectivity index (χ3v) is 3.50. The van der Waals surface area contributed by atoms with Gasteiger partial charge in [-0.1, -0.05) is 0 Å². The van der Waals surface area contributed by atoms with E-state index in [0.717, 1.165) is 5.56 Å². The van der Waals surface area contributed by atoms with Gasteiger partial charge in [-0.2, -0.15) is 0 Å². The van der Waals surface area contributed by atoms with Crippen LogP contribution in [-0.2, 0) is 6.54 Å². The highest BCUT2D eigenvalue weighted by Crippen LogP contribution is 2.35. The second-order valence-corrected chi connectivity index (χ2v) is 4.99. The first-order chi connectivity index (χ1) is 12.0. The van der Waals surface area contributed by atoms with E-state index in [1.165, 1.54) is 45.7 Å². The molecule has 2 rings (SSSR count). The van der Waals surface area contributed by atoms with Crippen LogP contribution in [0.5, 0.6) is 23.0 Å². The molecule has 0 aliphatic carbocycles. The van der Waals surface area contributed by atoms with Crippen LogP contribution in [0.15, 0.2) is 35.3 Å². The normalized spacial score (nSPS) is 10.7. The second-order valence-electron chi connectivity index (χ2n) is 4.99. The number of ether oxygens (including phenoxy) is 3. The summed E-state index contributed by atoms with van der Waals surface area (Å²) in [7, 11) is 4.58. The van der Waals surface area contributed by atoms with Gasteiger partial charge in [-0.15, -0.1) is 0 Å². The van der Waals surface area contributed by atoms with E-state index in [0.29, 0.717) is 17.2 Å². The van der Waals surface area contributed by atoms with E-state index in [1.54, 1.807) is 12.1 Å². The zero-order chi connectivity index (χ0) is 18.4. The summed E-state index contributed by atoms with van der Waals surface area (Å²) >= 11 is 0. The highest BCUT2D eigenvalue weighted by molar-refractivity contribution is 5.84. The number of nitro benzene ring substituents is 1. The number of methoxy groups -OCH3 is 3. The van der Waals surface area contributed by atoms with Gasteiger partial charge in [0.15, 0.2) is 11.5 Å². The van der Waals surface area contributed by atoms with E-state index < -0.39 is 4.92 Å². The molecular formula is C17H18N2O6. The molecule has 0 amide bonds. The minimum absolute atomic E-state index is 0.0892. The lowest BCUT2D eigenvalue weighted by molar-refractivity contribution is -0.384. The maximum atomic E-state index is 10.8. The van der Waals surface area contributed by atoms with Crippen LogP contribution in [0.25, 0.3) is 0 Å². The number of hydrogen-bond acceptors (Lipinski definition) is 7. The number of non-ortho nitro benzene ring substituents is 1. The highest BCUT2D eigenvalue weighted by Gasteiger charge is 2.12. The van der Waals surface area contributed by atoms with Crippen molar-refractivity contribution >= 4 is 11.9 Å². The zero-order valence-electron chi connectivity index (χ0n) is 14.1. The van der Waals surface area contributed by atoms with Crippen LogP contribution in [0.2, 0.25) is 0 Å². The molecule has 0 heterocycles. The number of benzene rings is 2. The van der Waals surface area contributed by atoms with Crippen molar-refractivity contribution < 1.29 is 24.2 Å². The van der Waals surface area contributed by atoms with Crippen LogP contribution in [0, 0.1) is 10.1 Å². The van der Waals surface area contributed by atoms with Crippen molar-refractivity contribution in [2.45, 2.75) is 6.54 Å². The summed E-state index contributed by atoms with van der Waals surface area (Å²) in [6.45, 7) is 0.228. The Balaban J connectivity index is 2.27. The fourth-order valence-electron chi connectivity index (χ4n) is 2.22. The molecule has 2 aromatic carbocycles. The molecule has 0 aliphatic heterocycles. The molecule has 0 aromatic heterocycles. The number of rotatable bonds is 7. The molecule has 25 heavy (non-hydrogen) atoms. The van der Waals surface area contributed by atoms with Gasteiger partial charge >= 0.3 is 0 Å². The average Bonchev–Trinajstić information content (AvgIpc) is 2.62. The molecule has 0 fully saturated rings. The van der Waals surface area contributed by atoms with Crippen molar-refractivity contribution in [2.24, 2.45) is 4.99 Å². The third kappa shape index (κ3) is 4.17. The lowest BCUT2D eigenvalue weighted by atomic mass is 10.1. The van der Waals surface area contributed by atoms with E-state index >= 15 is 0 Å². The summed E-state index contributed by atoms with van der Waals surface area (Å²) in [4.78, 5) is 14.5. The number of nitro groups is 1. The number of phenols is 1. The van der Waals surface area contributed by atoms with E-state index in [-0.39, 0.29) is 23.5 Å². The zero-order valence-corrected chi connectivity index (χ0v) is 14.1. The Hall–Kier alpha value is -3.29. The lowest BCUT2D eigenvalue weighted by Gasteiger charge is -2.12. The number of aromatic hydroxyl groups is 1. The fraction of sp³-hybridized carbons (Fsp3) is 0.235. The van der Waals surface area contributed by atoms with Gasteiger partial charge in [0.05, 0.1) is 32.8 Å². The Morgan fingerprint density at radius 3 is 2.32 bits per heavy atom. The number of aliphatic imine (C=N–C) groups is 1. The number of hydrogen-bond donors (Lipinski definition) is 1. The third-order valence-electron chi connectivity index (χ3n) is 3.50. The van der Waals surface area contributed by atoms with Crippen LogP contribution < -0.4 is 14.2 Å². The standard InChI is InChI=1S/C17H18N2O6/c1-23-15-8-17(25-3)16(24-2)7-12(15)10-18-9-11-6-13(19(21)22)4-5-14(11)20/h4-9,20H,10H2,1-3H3. The van der Waals surface area contributed by atoms with Crippen LogP contribution in [0.4, 0.5) is 5.69 Å². The first-order valence-corrected chi connectivity index (χ1v) is 7.26. The van der Waals surface area contributed by atoms with Gasteiger partial charge in [0.25, 0.3) is 5.69 Å². The molecule has 0 atom stereocenters. The van der Waals surface area contributed by atoms with Gasteiger partial charge in [-0.25, -0.2) is 0 Å². The molecule has 2 aromatic rings. The van der Waals surface area contributed by atoms with Gasteiger partial charge < -0.3 is 19.3 Å². The van der Waals surface area contributed by atoms with Gasteiger partial charge in [0, 0.05) is 35.5 Å². The van der Waals surface area contributed by atoms with Crippen molar-refractivity contribution in [1.82, 2.24) is 0 Å². The Bertz CT molecular complexity index is 804. The quantitative estimate of drug-likeness (QED) is 0.470. The summed E-state index contributed by atoms with van der Waals surface area (Å²) in [5.41, 5.74) is 0.873. The van der Waals surface area contributed by atoms with E-state index in [9.17, 15) is 15.2 Å². The molecule has 0 bridgehead atoms. The first kappa shape index (κ1) is 18.1. The predicted molar refractivity (Wildman–Crippen MR) is 92.2 cm³/mol. The van der Waals surface area contributed by atoms with E-state index in [2.05, 4.69) is 4.99 Å². The summed E-state index contributed by atoms with van der Waals surface area (Å²) < 4.78 is 15.8. The maximum Gasteiger partial charge on any atom is 0.270 e. The number of nitrogens with zero attached hydrogens (tertiary/aromatic N) is 2. The molecule has 132 valence electrons. The average molecular weight is 346 g/mol. The van der Waals surface area contributed by atoms with Crippen molar-refractivity contribution in [2.75, 3.05) is 21.3 Å². The summed E-state index contributed by atoms with van der Waals surface area (Å²) in [5, 5.41) is 20.6. The SMILES string of the molecule is COc1cc(OC)c(OC)cc1CN=Cc1cc([N+](=O)[O-])ccc1O. The van der Waals surface area contributed by atoms with Crippen LogP contribution >= 0.6 is 0 Å². The van der Waals surface area contributed by atoms with Gasteiger partial charge in [-0.3, -0.25) is 15.1 Å². The predicted octanol–water partition coefficient (Wildman–Crippen LogP) is 2.95. The molecule has 0 saturated carbocycles.